The van der Waals surface area contributed by atoms with Crippen molar-refractivity contribution < 1.29 is 33.2 Å². The third-order valence-electron chi connectivity index (χ3n) is 7.76. The predicted molar refractivity (Wildman–Crippen MR) is 149 cm³/mol. The molecule has 1 aromatic heterocycles. The molecule has 2 fully saturated rings. The molecule has 0 amide bonds. The Hall–Kier alpha value is -3.18. The molecule has 0 bridgehead atoms. The molecule has 2 aromatic rings. The number of carboxylic acids is 1. The molecule has 2 aliphatic rings. The number of halogens is 1. The van der Waals surface area contributed by atoms with Crippen LogP contribution in [0.15, 0.2) is 30.6 Å². The second kappa shape index (κ2) is 13.9. The van der Waals surface area contributed by atoms with Gasteiger partial charge in [0, 0.05) is 70.3 Å². The highest BCUT2D eigenvalue weighted by atomic mass is 19.1. The quantitative estimate of drug-likeness (QED) is 0.361. The van der Waals surface area contributed by atoms with Crippen molar-refractivity contribution in [2.75, 3.05) is 56.4 Å². The van der Waals surface area contributed by atoms with Crippen molar-refractivity contribution in [1.82, 2.24) is 9.97 Å². The molecule has 3 heterocycles. The van der Waals surface area contributed by atoms with Crippen LogP contribution in [0.1, 0.15) is 40.0 Å². The molecule has 2 saturated heterocycles. The molecule has 11 heteroatoms. The van der Waals surface area contributed by atoms with Crippen LogP contribution in [0.3, 0.4) is 0 Å². The average molecular weight is 561 g/mol. The zero-order valence-corrected chi connectivity index (χ0v) is 23.8. The largest absolute Gasteiger partial charge is 0.494 e. The highest BCUT2D eigenvalue weighted by molar-refractivity contribution is 5.68. The Morgan fingerprint density at radius 1 is 1.15 bits per heavy atom. The summed E-state index contributed by atoms with van der Waals surface area (Å²) >= 11 is 0. The van der Waals surface area contributed by atoms with Crippen LogP contribution in [0.2, 0.25) is 0 Å². The van der Waals surface area contributed by atoms with Gasteiger partial charge in [-0.15, -0.1) is 0 Å². The minimum absolute atomic E-state index is 0.0107. The molecule has 0 aliphatic carbocycles. The first-order valence-corrected chi connectivity index (χ1v) is 14.1. The monoisotopic (exact) mass is 560 g/mol. The lowest BCUT2D eigenvalue weighted by Crippen LogP contribution is -2.44. The summed E-state index contributed by atoms with van der Waals surface area (Å²) < 4.78 is 37.5. The average Bonchev–Trinajstić information content (AvgIpc) is 3.23. The predicted octanol–water partition coefficient (Wildman–Crippen LogP) is 4.03. The van der Waals surface area contributed by atoms with Gasteiger partial charge in [0.25, 0.3) is 0 Å². The van der Waals surface area contributed by atoms with E-state index in [9.17, 15) is 14.3 Å². The fraction of sp³-hybridized carbons (Fsp3) is 0.621. The Morgan fingerprint density at radius 2 is 1.98 bits per heavy atom. The number of rotatable bonds is 13. The van der Waals surface area contributed by atoms with E-state index in [0.717, 1.165) is 6.42 Å². The number of carbonyl (C=O) groups is 1. The second-order valence-corrected chi connectivity index (χ2v) is 10.6. The number of aromatic nitrogens is 2. The lowest BCUT2D eigenvalue weighted by Gasteiger charge is -2.38. The smallest absolute Gasteiger partial charge is 0.305 e. The first-order chi connectivity index (χ1) is 19.3. The molecule has 0 radical (unpaired) electrons. The number of hydrogen-bond donors (Lipinski definition) is 1. The van der Waals surface area contributed by atoms with Crippen LogP contribution in [-0.4, -0.2) is 85.9 Å². The SMILES string of the molecule is CCOc1ccc(F)c(N2CCC(Oc3cnc(N4CC(OCCCOC)C(C)C4CC(=O)O)cn3)C(C)C2)c1. The van der Waals surface area contributed by atoms with E-state index in [4.69, 9.17) is 18.9 Å². The van der Waals surface area contributed by atoms with Gasteiger partial charge in [0.15, 0.2) is 0 Å². The minimum atomic E-state index is -0.861. The maximum absolute atomic E-state index is 14.6. The maximum atomic E-state index is 14.6. The molecule has 5 atom stereocenters. The minimum Gasteiger partial charge on any atom is -0.494 e. The van der Waals surface area contributed by atoms with Gasteiger partial charge < -0.3 is 33.9 Å². The van der Waals surface area contributed by atoms with Crippen LogP contribution in [-0.2, 0) is 14.3 Å². The highest BCUT2D eigenvalue weighted by Crippen LogP contribution is 2.34. The Bertz CT molecular complexity index is 1110. The van der Waals surface area contributed by atoms with E-state index in [2.05, 4.69) is 16.9 Å². The highest BCUT2D eigenvalue weighted by Gasteiger charge is 2.41. The van der Waals surface area contributed by atoms with Crippen LogP contribution in [0.25, 0.3) is 0 Å². The van der Waals surface area contributed by atoms with Crippen molar-refractivity contribution in [2.45, 2.75) is 58.3 Å². The lowest BCUT2D eigenvalue weighted by molar-refractivity contribution is -0.137. The van der Waals surface area contributed by atoms with Crippen LogP contribution in [0, 0.1) is 17.7 Å². The number of methoxy groups -OCH3 is 1. The molecule has 0 spiro atoms. The van der Waals surface area contributed by atoms with E-state index >= 15 is 0 Å². The van der Waals surface area contributed by atoms with Crippen LogP contribution in [0.4, 0.5) is 15.9 Å². The van der Waals surface area contributed by atoms with Gasteiger partial charge >= 0.3 is 5.97 Å². The van der Waals surface area contributed by atoms with E-state index in [1.165, 1.54) is 6.07 Å². The number of aliphatic carboxylic acids is 1. The standard InChI is InChI=1S/C29H41FN4O6/c1-5-38-21-7-8-22(30)24(13-21)33-10-9-25(19(2)17-33)40-28-16-31-27(15-32-28)34-18-26(39-12-6-11-37-4)20(3)23(34)14-29(35)36/h7-8,13,15-16,19-20,23,25-26H,5-6,9-12,14,17-18H2,1-4H3,(H,35,36). The van der Waals surface area contributed by atoms with Gasteiger partial charge in [-0.1, -0.05) is 13.8 Å². The third-order valence-corrected chi connectivity index (χ3v) is 7.76. The van der Waals surface area contributed by atoms with Crippen molar-refractivity contribution in [3.05, 3.63) is 36.4 Å². The van der Waals surface area contributed by atoms with Crippen molar-refractivity contribution in [1.29, 1.82) is 0 Å². The summed E-state index contributed by atoms with van der Waals surface area (Å²) in [6.45, 7) is 9.51. The second-order valence-electron chi connectivity index (χ2n) is 10.6. The fourth-order valence-corrected chi connectivity index (χ4v) is 5.59. The molecular weight excluding hydrogens is 519 g/mol. The van der Waals surface area contributed by atoms with Gasteiger partial charge in [-0.3, -0.25) is 4.79 Å². The van der Waals surface area contributed by atoms with Gasteiger partial charge in [0.05, 0.1) is 37.2 Å². The number of benzene rings is 1. The van der Waals surface area contributed by atoms with E-state index in [1.807, 2.05) is 23.6 Å². The maximum Gasteiger partial charge on any atom is 0.305 e. The molecule has 5 unspecified atom stereocenters. The van der Waals surface area contributed by atoms with Gasteiger partial charge in [-0.2, -0.15) is 0 Å². The van der Waals surface area contributed by atoms with E-state index < -0.39 is 5.97 Å². The topological polar surface area (TPSA) is 106 Å². The number of hydrogen-bond acceptors (Lipinski definition) is 9. The summed E-state index contributed by atoms with van der Waals surface area (Å²) in [6.07, 6.45) is 4.50. The van der Waals surface area contributed by atoms with Gasteiger partial charge in [0.2, 0.25) is 5.88 Å². The normalized spacial score (nSPS) is 24.8. The molecule has 4 rings (SSSR count). The molecular formula is C29H41FN4O6. The number of anilines is 2. The number of piperidine rings is 1. The van der Waals surface area contributed by atoms with E-state index in [-0.39, 0.29) is 42.3 Å². The third kappa shape index (κ3) is 7.31. The molecule has 1 N–H and O–H groups in total. The Kier molecular flexibility index (Phi) is 10.4. The molecule has 220 valence electrons. The molecule has 1 aromatic carbocycles. The van der Waals surface area contributed by atoms with Gasteiger partial charge in [-0.05, 0) is 25.5 Å². The number of carboxylic acid groups (broad SMARTS) is 1. The Labute approximate surface area is 235 Å². The summed E-state index contributed by atoms with van der Waals surface area (Å²) in [6, 6.07) is 4.59. The van der Waals surface area contributed by atoms with Crippen LogP contribution in [0.5, 0.6) is 11.6 Å². The number of nitrogens with zero attached hydrogens (tertiary/aromatic N) is 4. The lowest BCUT2D eigenvalue weighted by atomic mass is 9.96. The summed E-state index contributed by atoms with van der Waals surface area (Å²) in [5, 5.41) is 9.51. The van der Waals surface area contributed by atoms with Crippen molar-refractivity contribution in [3.63, 3.8) is 0 Å². The number of ether oxygens (including phenoxy) is 4. The van der Waals surface area contributed by atoms with Gasteiger partial charge in [0.1, 0.15) is 23.5 Å². The molecule has 40 heavy (non-hydrogen) atoms. The van der Waals surface area contributed by atoms with Crippen molar-refractivity contribution in [3.8, 4) is 11.6 Å². The van der Waals surface area contributed by atoms with Crippen LogP contribution < -0.4 is 19.3 Å². The van der Waals surface area contributed by atoms with E-state index in [0.29, 0.717) is 69.0 Å². The van der Waals surface area contributed by atoms with Crippen molar-refractivity contribution >= 4 is 17.5 Å². The zero-order chi connectivity index (χ0) is 28.6. The first kappa shape index (κ1) is 29.8. The molecule has 10 nitrogen and oxygen atoms in total. The first-order valence-electron chi connectivity index (χ1n) is 14.1. The van der Waals surface area contributed by atoms with Crippen LogP contribution >= 0.6 is 0 Å². The van der Waals surface area contributed by atoms with Crippen molar-refractivity contribution in [2.24, 2.45) is 11.8 Å². The Balaban J connectivity index is 1.37. The zero-order valence-electron chi connectivity index (χ0n) is 23.8. The molecule has 2 aliphatic heterocycles. The van der Waals surface area contributed by atoms with Gasteiger partial charge in [-0.25, -0.2) is 14.4 Å². The fourth-order valence-electron chi connectivity index (χ4n) is 5.59. The summed E-state index contributed by atoms with van der Waals surface area (Å²) in [5.74, 6) is 0.676. The summed E-state index contributed by atoms with van der Waals surface area (Å²) in [4.78, 5) is 24.7. The summed E-state index contributed by atoms with van der Waals surface area (Å²) in [7, 11) is 1.66. The molecule has 0 saturated carbocycles. The summed E-state index contributed by atoms with van der Waals surface area (Å²) in [5.41, 5.74) is 0.539. The van der Waals surface area contributed by atoms with E-state index in [1.54, 1.807) is 31.6 Å². The Morgan fingerprint density at radius 3 is 2.65 bits per heavy atom.